The molecule has 1 heterocycles. The summed E-state index contributed by atoms with van der Waals surface area (Å²) in [5, 5.41) is 7.83. The van der Waals surface area contributed by atoms with Crippen LogP contribution in [-0.4, -0.2) is 15.7 Å². The van der Waals surface area contributed by atoms with Crippen molar-refractivity contribution in [3.05, 3.63) is 102 Å². The molecule has 1 aromatic heterocycles. The van der Waals surface area contributed by atoms with Crippen molar-refractivity contribution in [1.29, 1.82) is 0 Å². The predicted octanol–water partition coefficient (Wildman–Crippen LogP) is 5.66. The van der Waals surface area contributed by atoms with Crippen LogP contribution in [0.15, 0.2) is 84.9 Å². The molecule has 1 amide bonds. The molecule has 144 valence electrons. The molecule has 0 aliphatic heterocycles. The van der Waals surface area contributed by atoms with E-state index in [0.29, 0.717) is 11.3 Å². The molecular formula is C25H23N3O. The van der Waals surface area contributed by atoms with Crippen LogP contribution >= 0.6 is 0 Å². The lowest BCUT2D eigenvalue weighted by Gasteiger charge is -2.08. The molecule has 0 fully saturated rings. The normalized spacial score (nSPS) is 10.7. The largest absolute Gasteiger partial charge is 0.322 e. The maximum absolute atomic E-state index is 13.3. The summed E-state index contributed by atoms with van der Waals surface area (Å²) in [4.78, 5) is 13.3. The van der Waals surface area contributed by atoms with Gasteiger partial charge in [-0.15, -0.1) is 0 Å². The number of anilines is 1. The van der Waals surface area contributed by atoms with Crippen molar-refractivity contribution >= 4 is 11.6 Å². The van der Waals surface area contributed by atoms with Gasteiger partial charge >= 0.3 is 0 Å². The minimum absolute atomic E-state index is 0.159. The summed E-state index contributed by atoms with van der Waals surface area (Å²) >= 11 is 0. The number of rotatable bonds is 5. The highest BCUT2D eigenvalue weighted by molar-refractivity contribution is 6.09. The van der Waals surface area contributed by atoms with Gasteiger partial charge in [-0.2, -0.15) is 5.10 Å². The van der Waals surface area contributed by atoms with Crippen LogP contribution in [-0.2, 0) is 6.42 Å². The van der Waals surface area contributed by atoms with Gasteiger partial charge in [0.25, 0.3) is 5.91 Å². The fourth-order valence-corrected chi connectivity index (χ4v) is 3.41. The number of hydrogen-bond acceptors (Lipinski definition) is 2. The first kappa shape index (κ1) is 18.7. The highest BCUT2D eigenvalue weighted by atomic mass is 16.1. The number of hydrogen-bond donors (Lipinski definition) is 1. The number of amides is 1. The van der Waals surface area contributed by atoms with Crippen LogP contribution in [0.5, 0.6) is 0 Å². The summed E-state index contributed by atoms with van der Waals surface area (Å²) in [7, 11) is 0. The van der Waals surface area contributed by atoms with Crippen LogP contribution in [0.25, 0.3) is 16.9 Å². The standard InChI is InChI=1S/C25H23N3O/c1-3-19-14-16-21(17-15-19)26-25(29)23-18(2)28(22-12-8-5-9-13-22)27-24(23)20-10-6-4-7-11-20/h4-17H,3H2,1-2H3,(H,26,29). The molecule has 0 saturated heterocycles. The fourth-order valence-electron chi connectivity index (χ4n) is 3.41. The van der Waals surface area contributed by atoms with Crippen molar-refractivity contribution < 1.29 is 4.79 Å². The van der Waals surface area contributed by atoms with E-state index in [2.05, 4.69) is 12.2 Å². The van der Waals surface area contributed by atoms with E-state index in [-0.39, 0.29) is 5.91 Å². The molecule has 0 aliphatic carbocycles. The molecule has 0 aliphatic rings. The molecule has 1 N–H and O–H groups in total. The predicted molar refractivity (Wildman–Crippen MR) is 118 cm³/mol. The molecule has 29 heavy (non-hydrogen) atoms. The van der Waals surface area contributed by atoms with Gasteiger partial charge < -0.3 is 5.32 Å². The third-order valence-electron chi connectivity index (χ3n) is 5.01. The molecule has 4 nitrogen and oxygen atoms in total. The number of aromatic nitrogens is 2. The molecule has 0 atom stereocenters. The summed E-state index contributed by atoms with van der Waals surface area (Å²) in [5.41, 5.74) is 5.91. The number of nitrogens with zero attached hydrogens (tertiary/aromatic N) is 2. The van der Waals surface area contributed by atoms with E-state index in [1.165, 1.54) is 5.56 Å². The Balaban J connectivity index is 1.78. The Labute approximate surface area is 170 Å². The van der Waals surface area contributed by atoms with Gasteiger partial charge in [-0.1, -0.05) is 67.6 Å². The van der Waals surface area contributed by atoms with Gasteiger partial charge in [-0.05, 0) is 43.2 Å². The maximum atomic E-state index is 13.3. The van der Waals surface area contributed by atoms with E-state index in [0.717, 1.165) is 29.1 Å². The average molecular weight is 381 g/mol. The van der Waals surface area contributed by atoms with Crippen LogP contribution in [0.4, 0.5) is 5.69 Å². The van der Waals surface area contributed by atoms with E-state index < -0.39 is 0 Å². The van der Waals surface area contributed by atoms with Crippen LogP contribution in [0.3, 0.4) is 0 Å². The van der Waals surface area contributed by atoms with Crippen LogP contribution in [0, 0.1) is 6.92 Å². The number of aryl methyl sites for hydroxylation is 1. The van der Waals surface area contributed by atoms with E-state index >= 15 is 0 Å². The van der Waals surface area contributed by atoms with Crippen molar-refractivity contribution in [1.82, 2.24) is 9.78 Å². The van der Waals surface area contributed by atoms with Gasteiger partial charge in [0.05, 0.1) is 16.9 Å². The number of nitrogens with one attached hydrogen (secondary N) is 1. The van der Waals surface area contributed by atoms with E-state index in [4.69, 9.17) is 5.10 Å². The molecule has 0 bridgehead atoms. The summed E-state index contributed by atoms with van der Waals surface area (Å²) in [6.07, 6.45) is 0.968. The van der Waals surface area contributed by atoms with Crippen molar-refractivity contribution in [3.8, 4) is 16.9 Å². The highest BCUT2D eigenvalue weighted by Gasteiger charge is 2.23. The van der Waals surface area contributed by atoms with Crippen LogP contribution in [0.2, 0.25) is 0 Å². The molecule has 4 rings (SSSR count). The van der Waals surface area contributed by atoms with Crippen LogP contribution < -0.4 is 5.32 Å². The van der Waals surface area contributed by atoms with Crippen LogP contribution in [0.1, 0.15) is 28.5 Å². The lowest BCUT2D eigenvalue weighted by Crippen LogP contribution is -2.14. The lowest BCUT2D eigenvalue weighted by molar-refractivity contribution is 0.102. The maximum Gasteiger partial charge on any atom is 0.259 e. The van der Waals surface area contributed by atoms with E-state index in [9.17, 15) is 4.79 Å². The number of para-hydroxylation sites is 1. The zero-order valence-corrected chi connectivity index (χ0v) is 16.6. The van der Waals surface area contributed by atoms with Gasteiger partial charge in [0.2, 0.25) is 0 Å². The van der Waals surface area contributed by atoms with Crippen molar-refractivity contribution in [2.75, 3.05) is 5.32 Å². The molecule has 0 spiro atoms. The Bertz CT molecular complexity index is 1110. The summed E-state index contributed by atoms with van der Waals surface area (Å²) in [6, 6.07) is 27.6. The molecule has 0 unspecified atom stereocenters. The molecule has 0 saturated carbocycles. The Morgan fingerprint density at radius 1 is 0.897 bits per heavy atom. The average Bonchev–Trinajstić information content (AvgIpc) is 3.13. The third kappa shape index (κ3) is 3.83. The van der Waals surface area contributed by atoms with Gasteiger partial charge in [-0.3, -0.25) is 4.79 Å². The highest BCUT2D eigenvalue weighted by Crippen LogP contribution is 2.28. The topological polar surface area (TPSA) is 46.9 Å². The van der Waals surface area contributed by atoms with E-state index in [1.54, 1.807) is 0 Å². The second kappa shape index (κ2) is 8.15. The lowest BCUT2D eigenvalue weighted by atomic mass is 10.1. The molecule has 3 aromatic carbocycles. The monoisotopic (exact) mass is 381 g/mol. The van der Waals surface area contributed by atoms with Crippen molar-refractivity contribution in [3.63, 3.8) is 0 Å². The van der Waals surface area contributed by atoms with Crippen molar-refractivity contribution in [2.45, 2.75) is 20.3 Å². The molecule has 4 heteroatoms. The SMILES string of the molecule is CCc1ccc(NC(=O)c2c(-c3ccccc3)nn(-c3ccccc3)c2C)cc1. The number of carbonyl (C=O) groups is 1. The summed E-state index contributed by atoms with van der Waals surface area (Å²) in [5.74, 6) is -0.159. The Morgan fingerprint density at radius 2 is 1.52 bits per heavy atom. The molecular weight excluding hydrogens is 358 g/mol. The van der Waals surface area contributed by atoms with Gasteiger partial charge in [0, 0.05) is 11.3 Å². The Kier molecular flexibility index (Phi) is 5.25. The molecule has 0 radical (unpaired) electrons. The van der Waals surface area contributed by atoms with E-state index in [1.807, 2.05) is 96.5 Å². The first-order chi connectivity index (χ1) is 14.2. The third-order valence-corrected chi connectivity index (χ3v) is 5.01. The quantitative estimate of drug-likeness (QED) is 0.485. The summed E-state index contributed by atoms with van der Waals surface area (Å²) < 4.78 is 1.83. The zero-order valence-electron chi connectivity index (χ0n) is 16.6. The minimum Gasteiger partial charge on any atom is -0.322 e. The van der Waals surface area contributed by atoms with Gasteiger partial charge in [0.15, 0.2) is 0 Å². The summed E-state index contributed by atoms with van der Waals surface area (Å²) in [6.45, 7) is 4.04. The fraction of sp³-hybridized carbons (Fsp3) is 0.120. The number of benzene rings is 3. The van der Waals surface area contributed by atoms with Crippen molar-refractivity contribution in [2.24, 2.45) is 0 Å². The second-order valence-corrected chi connectivity index (χ2v) is 6.93. The smallest absolute Gasteiger partial charge is 0.259 e. The Morgan fingerprint density at radius 3 is 2.14 bits per heavy atom. The first-order valence-electron chi connectivity index (χ1n) is 9.78. The molecule has 4 aromatic rings. The number of carbonyl (C=O) groups excluding carboxylic acids is 1. The second-order valence-electron chi connectivity index (χ2n) is 6.93. The first-order valence-corrected chi connectivity index (χ1v) is 9.78. The minimum atomic E-state index is -0.159. The zero-order chi connectivity index (χ0) is 20.2. The Hall–Kier alpha value is -3.66. The van der Waals surface area contributed by atoms with Gasteiger partial charge in [-0.25, -0.2) is 4.68 Å². The van der Waals surface area contributed by atoms with Gasteiger partial charge in [0.1, 0.15) is 5.69 Å².